The Morgan fingerprint density at radius 3 is 2.76 bits per heavy atom. The second-order valence-corrected chi connectivity index (χ2v) is 5.07. The number of hydrogen-bond acceptors (Lipinski definition) is 3. The lowest BCUT2D eigenvalue weighted by atomic mass is 9.67. The van der Waals surface area contributed by atoms with Gasteiger partial charge in [-0.1, -0.05) is 6.07 Å². The summed E-state index contributed by atoms with van der Waals surface area (Å²) < 4.78 is 26.6. The van der Waals surface area contributed by atoms with Crippen molar-refractivity contribution >= 4 is 5.97 Å². The van der Waals surface area contributed by atoms with E-state index in [0.29, 0.717) is 5.56 Å². The van der Waals surface area contributed by atoms with Crippen molar-refractivity contribution in [1.82, 2.24) is 9.94 Å². The first-order valence-electron chi connectivity index (χ1n) is 6.38. The van der Waals surface area contributed by atoms with Gasteiger partial charge in [-0.05, 0) is 23.6 Å². The average molecular weight is 294 g/mol. The second kappa shape index (κ2) is 4.83. The van der Waals surface area contributed by atoms with E-state index >= 15 is 0 Å². The molecule has 0 radical (unpaired) electrons. The van der Waals surface area contributed by atoms with Gasteiger partial charge in [0, 0.05) is 18.9 Å². The first-order valence-corrected chi connectivity index (χ1v) is 6.38. The van der Waals surface area contributed by atoms with Crippen LogP contribution in [0.2, 0.25) is 0 Å². The summed E-state index contributed by atoms with van der Waals surface area (Å²) in [7, 11) is 0. The fraction of sp³-hybridized carbons (Fsp3) is 0.286. The molecule has 2 aromatic rings. The molecule has 1 aliphatic carbocycles. The highest BCUT2D eigenvalue weighted by atomic mass is 19.1. The number of halogens is 2. The van der Waals surface area contributed by atoms with Crippen LogP contribution >= 0.6 is 0 Å². The molecule has 0 amide bonds. The van der Waals surface area contributed by atoms with Crippen molar-refractivity contribution in [3.8, 4) is 0 Å². The Bertz CT molecular complexity index is 667. The molecule has 21 heavy (non-hydrogen) atoms. The van der Waals surface area contributed by atoms with Crippen molar-refractivity contribution in [1.29, 1.82) is 0 Å². The van der Waals surface area contributed by atoms with E-state index in [9.17, 15) is 18.7 Å². The van der Waals surface area contributed by atoms with Crippen LogP contribution in [0.3, 0.4) is 0 Å². The topological polar surface area (TPSA) is 64.3 Å². The van der Waals surface area contributed by atoms with E-state index in [1.165, 1.54) is 18.5 Å². The maximum atomic E-state index is 13.7. The lowest BCUT2D eigenvalue weighted by Gasteiger charge is -2.43. The van der Waals surface area contributed by atoms with E-state index in [2.05, 4.69) is 5.10 Å². The van der Waals surface area contributed by atoms with Crippen LogP contribution in [0.25, 0.3) is 0 Å². The third-order valence-corrected chi connectivity index (χ3v) is 3.69. The van der Waals surface area contributed by atoms with E-state index in [0.717, 1.165) is 17.0 Å². The molecule has 7 heteroatoms. The van der Waals surface area contributed by atoms with Gasteiger partial charge in [0.05, 0.1) is 12.4 Å². The Balaban J connectivity index is 1.78. The summed E-state index contributed by atoms with van der Waals surface area (Å²) in [6, 6.07) is 4.90. The van der Waals surface area contributed by atoms with Crippen molar-refractivity contribution in [2.45, 2.75) is 24.4 Å². The molecule has 1 aromatic carbocycles. The normalized spacial score (nSPS) is 24.4. The molecule has 0 spiro atoms. The maximum Gasteiger partial charge on any atom is 0.350 e. The average Bonchev–Trinajstić information content (AvgIpc) is 2.86. The van der Waals surface area contributed by atoms with Crippen LogP contribution in [0, 0.1) is 11.6 Å². The number of carboxylic acid groups (broad SMARTS) is 1. The summed E-state index contributed by atoms with van der Waals surface area (Å²) in [6.45, 7) is 0. The minimum atomic E-state index is -1.43. The predicted molar refractivity (Wildman–Crippen MR) is 67.5 cm³/mol. The lowest BCUT2D eigenvalue weighted by molar-refractivity contribution is -0.186. The summed E-state index contributed by atoms with van der Waals surface area (Å²) in [5.74, 6) is -2.78. The van der Waals surface area contributed by atoms with Crippen molar-refractivity contribution in [2.24, 2.45) is 0 Å². The fourth-order valence-electron chi connectivity index (χ4n) is 2.56. The van der Waals surface area contributed by atoms with Gasteiger partial charge in [-0.3, -0.25) is 0 Å². The van der Waals surface area contributed by atoms with E-state index in [1.807, 2.05) is 0 Å². The third kappa shape index (κ3) is 2.35. The second-order valence-electron chi connectivity index (χ2n) is 5.07. The zero-order valence-corrected chi connectivity index (χ0v) is 10.9. The Kier molecular flexibility index (Phi) is 3.12. The van der Waals surface area contributed by atoms with Crippen LogP contribution in [-0.2, 0) is 4.79 Å². The number of nitrogens with zero attached hydrogens (tertiary/aromatic N) is 2. The summed E-state index contributed by atoms with van der Waals surface area (Å²) in [6.07, 6.45) is 3.15. The standard InChI is InChI=1S/C14H12F2N2O3/c15-10-2-3-11(12(16)6-10)9-7-14(8-9,13(19)20)21-18-5-1-4-17-18/h1-6,9H,7-8H2,(H,19,20). The number of aliphatic carboxylic acids is 1. The Hall–Kier alpha value is -2.44. The number of aromatic nitrogens is 2. The number of carbonyl (C=O) groups is 1. The van der Waals surface area contributed by atoms with Crippen LogP contribution in [0.4, 0.5) is 8.78 Å². The molecule has 1 fully saturated rings. The van der Waals surface area contributed by atoms with E-state index < -0.39 is 23.2 Å². The van der Waals surface area contributed by atoms with Crippen LogP contribution in [0.15, 0.2) is 36.7 Å². The molecule has 0 atom stereocenters. The molecule has 1 saturated carbocycles. The first-order chi connectivity index (χ1) is 10.00. The van der Waals surface area contributed by atoms with E-state index in [-0.39, 0.29) is 18.8 Å². The molecule has 0 saturated heterocycles. The molecular weight excluding hydrogens is 282 g/mol. The van der Waals surface area contributed by atoms with Gasteiger partial charge in [-0.25, -0.2) is 13.6 Å². The molecule has 0 unspecified atom stereocenters. The fourth-order valence-corrected chi connectivity index (χ4v) is 2.56. The Labute approximate surface area is 118 Å². The maximum absolute atomic E-state index is 13.7. The molecule has 1 heterocycles. The van der Waals surface area contributed by atoms with Gasteiger partial charge in [0.2, 0.25) is 5.60 Å². The van der Waals surface area contributed by atoms with Gasteiger partial charge in [0.1, 0.15) is 11.6 Å². The summed E-state index contributed by atoms with van der Waals surface area (Å²) in [5, 5.41) is 13.1. The molecule has 1 aromatic heterocycles. The largest absolute Gasteiger partial charge is 0.478 e. The van der Waals surface area contributed by atoms with E-state index in [1.54, 1.807) is 6.07 Å². The van der Waals surface area contributed by atoms with Crippen molar-refractivity contribution < 1.29 is 23.5 Å². The third-order valence-electron chi connectivity index (χ3n) is 3.69. The van der Waals surface area contributed by atoms with Gasteiger partial charge in [0.25, 0.3) is 0 Å². The van der Waals surface area contributed by atoms with Crippen LogP contribution in [0.1, 0.15) is 24.3 Å². The molecule has 1 N–H and O–H groups in total. The molecule has 1 aliphatic rings. The quantitative estimate of drug-likeness (QED) is 0.936. The van der Waals surface area contributed by atoms with Gasteiger partial charge in [-0.15, -0.1) is 9.94 Å². The van der Waals surface area contributed by atoms with Crippen molar-refractivity contribution in [3.05, 3.63) is 53.9 Å². The Morgan fingerprint density at radius 2 is 2.19 bits per heavy atom. The smallest absolute Gasteiger partial charge is 0.350 e. The zero-order valence-electron chi connectivity index (χ0n) is 10.9. The zero-order chi connectivity index (χ0) is 15.0. The highest BCUT2D eigenvalue weighted by Crippen LogP contribution is 2.46. The summed E-state index contributed by atoms with van der Waals surface area (Å²) >= 11 is 0. The number of hydrogen-bond donors (Lipinski definition) is 1. The minimum absolute atomic E-state index is 0.102. The molecule has 0 aliphatic heterocycles. The lowest BCUT2D eigenvalue weighted by Crippen LogP contribution is -2.57. The number of rotatable bonds is 4. The highest BCUT2D eigenvalue weighted by Gasteiger charge is 2.55. The number of carboxylic acids is 1. The monoisotopic (exact) mass is 294 g/mol. The van der Waals surface area contributed by atoms with Gasteiger partial charge in [-0.2, -0.15) is 0 Å². The summed E-state index contributed by atoms with van der Waals surface area (Å²) in [4.78, 5) is 17.9. The van der Waals surface area contributed by atoms with Crippen LogP contribution in [-0.4, -0.2) is 26.6 Å². The Morgan fingerprint density at radius 1 is 1.43 bits per heavy atom. The molecule has 0 bridgehead atoms. The van der Waals surface area contributed by atoms with Gasteiger partial charge in [0.15, 0.2) is 0 Å². The van der Waals surface area contributed by atoms with Crippen LogP contribution < -0.4 is 4.84 Å². The molecular formula is C14H12F2N2O3. The number of benzene rings is 1. The van der Waals surface area contributed by atoms with Crippen molar-refractivity contribution in [2.75, 3.05) is 0 Å². The van der Waals surface area contributed by atoms with Gasteiger partial charge < -0.3 is 9.94 Å². The SMILES string of the molecule is O=C(O)C1(On2cccn2)CC(c2ccc(F)cc2F)C1. The van der Waals surface area contributed by atoms with E-state index in [4.69, 9.17) is 4.84 Å². The van der Waals surface area contributed by atoms with Crippen LogP contribution in [0.5, 0.6) is 0 Å². The first kappa shape index (κ1) is 13.5. The predicted octanol–water partition coefficient (Wildman–Crippen LogP) is 1.99. The summed E-state index contributed by atoms with van der Waals surface area (Å²) in [5.41, 5.74) is -1.13. The van der Waals surface area contributed by atoms with Crippen molar-refractivity contribution in [3.63, 3.8) is 0 Å². The highest BCUT2D eigenvalue weighted by molar-refractivity contribution is 5.79. The molecule has 110 valence electrons. The minimum Gasteiger partial charge on any atom is -0.478 e. The molecule has 3 rings (SSSR count). The molecule has 5 nitrogen and oxygen atoms in total. The van der Waals surface area contributed by atoms with Gasteiger partial charge >= 0.3 is 5.97 Å².